The van der Waals surface area contributed by atoms with Crippen LogP contribution >= 0.6 is 0 Å². The summed E-state index contributed by atoms with van der Waals surface area (Å²) in [7, 11) is 3.27. The van der Waals surface area contributed by atoms with Crippen LogP contribution in [0, 0.1) is 0 Å². The van der Waals surface area contributed by atoms with E-state index in [2.05, 4.69) is 6.07 Å². The van der Waals surface area contributed by atoms with Gasteiger partial charge in [0.1, 0.15) is 23.4 Å². The van der Waals surface area contributed by atoms with Crippen molar-refractivity contribution in [2.24, 2.45) is 0 Å². The Morgan fingerprint density at radius 3 is 1.95 bits per heavy atom. The molecule has 1 aliphatic heterocycles. The van der Waals surface area contributed by atoms with Gasteiger partial charge in [-0.2, -0.15) is 0 Å². The summed E-state index contributed by atoms with van der Waals surface area (Å²) >= 11 is 0. The summed E-state index contributed by atoms with van der Waals surface area (Å²) < 4.78 is 43.1. The van der Waals surface area contributed by atoms with Crippen molar-refractivity contribution in [2.75, 3.05) is 47.1 Å². The van der Waals surface area contributed by atoms with E-state index in [0.29, 0.717) is 66.4 Å². The fourth-order valence-electron chi connectivity index (χ4n) is 8.92. The molecule has 0 bridgehead atoms. The summed E-state index contributed by atoms with van der Waals surface area (Å²) in [6, 6.07) is 41.6. The Kier molecular flexibility index (Phi) is 21.1. The maximum absolute atomic E-state index is 14.5. The highest BCUT2D eigenvalue weighted by atomic mass is 17.1. The Morgan fingerprint density at radius 1 is 0.635 bits per heavy atom. The number of rotatable bonds is 28. The lowest BCUT2D eigenvalue weighted by molar-refractivity contribution is -0.497. The van der Waals surface area contributed by atoms with E-state index >= 15 is 0 Å². The second kappa shape index (κ2) is 28.2. The van der Waals surface area contributed by atoms with Crippen LogP contribution in [-0.4, -0.2) is 114 Å². The van der Waals surface area contributed by atoms with Crippen LogP contribution in [0.15, 0.2) is 133 Å². The third kappa shape index (κ3) is 16.5. The number of hydrogen-bond donors (Lipinski definition) is 4. The van der Waals surface area contributed by atoms with Gasteiger partial charge in [0.15, 0.2) is 0 Å². The molecule has 6 aromatic rings. The first-order chi connectivity index (χ1) is 36.0. The number of amides is 1. The number of carbonyl (C=O) groups is 2. The first-order valence-corrected chi connectivity index (χ1v) is 24.4. The van der Waals surface area contributed by atoms with Crippen molar-refractivity contribution in [1.82, 2.24) is 15.7 Å². The Morgan fingerprint density at radius 2 is 1.27 bits per heavy atom. The third-order valence-electron chi connectivity index (χ3n) is 12.6. The van der Waals surface area contributed by atoms with E-state index in [0.717, 1.165) is 33.2 Å². The maximum Gasteiger partial charge on any atom is 0.310 e. The average Bonchev–Trinajstić information content (AvgIpc) is 3.41. The number of nitrogens with zero attached hydrogens (tertiary/aromatic N) is 3. The van der Waals surface area contributed by atoms with Gasteiger partial charge in [-0.3, -0.25) is 30.4 Å². The molecule has 18 heteroatoms. The van der Waals surface area contributed by atoms with E-state index in [9.17, 15) is 9.59 Å². The molecule has 394 valence electrons. The predicted molar refractivity (Wildman–Crippen MR) is 268 cm³/mol. The van der Waals surface area contributed by atoms with Crippen molar-refractivity contribution in [1.29, 1.82) is 0 Å². The average molecular weight is 1020 g/mol. The number of benzene rings is 6. The zero-order valence-electron chi connectivity index (χ0n) is 41.8. The van der Waals surface area contributed by atoms with Crippen molar-refractivity contribution < 1.29 is 73.3 Å². The van der Waals surface area contributed by atoms with Crippen molar-refractivity contribution >= 4 is 22.6 Å². The number of piperidine rings is 1. The highest BCUT2D eigenvalue weighted by Crippen LogP contribution is 2.36. The van der Waals surface area contributed by atoms with E-state index in [1.54, 1.807) is 61.6 Å². The molecule has 1 fully saturated rings. The van der Waals surface area contributed by atoms with Gasteiger partial charge in [-0.05, 0) is 75.5 Å². The lowest BCUT2D eigenvalue weighted by Gasteiger charge is -2.44. The number of carbonyl (C=O) groups excluding carboxylic acids is 2. The molecule has 7 rings (SSSR count). The SMILES string of the molecule is CCC(COC1CN(C(=O)Cc2cccc(CON(O)O)c2)CC(OCc2cc(OC)c3ccccc3c2)C1c1ccc(OCCCOCc2ccccc2OC)cc1)OC(=O)Cc1cccc(CON(O)O)c1. The summed E-state index contributed by atoms with van der Waals surface area (Å²) in [5.41, 5.74) is 5.32. The number of ether oxygens (including phenoxy) is 7. The molecule has 0 aromatic heterocycles. The summed E-state index contributed by atoms with van der Waals surface area (Å²) in [6.07, 6.45) is -0.798. The zero-order valence-corrected chi connectivity index (χ0v) is 41.8. The van der Waals surface area contributed by atoms with Gasteiger partial charge in [0.25, 0.3) is 0 Å². The van der Waals surface area contributed by atoms with Crippen molar-refractivity contribution in [2.45, 2.75) is 83.3 Å². The van der Waals surface area contributed by atoms with Crippen molar-refractivity contribution in [3.05, 3.63) is 172 Å². The monoisotopic (exact) mass is 1020 g/mol. The smallest absolute Gasteiger partial charge is 0.310 e. The molecule has 74 heavy (non-hydrogen) atoms. The van der Waals surface area contributed by atoms with Crippen LogP contribution in [0.4, 0.5) is 0 Å². The highest BCUT2D eigenvalue weighted by molar-refractivity contribution is 5.89. The van der Waals surface area contributed by atoms with Gasteiger partial charge in [-0.25, -0.2) is 9.68 Å². The van der Waals surface area contributed by atoms with Gasteiger partial charge in [0.05, 0.1) is 96.3 Å². The van der Waals surface area contributed by atoms with E-state index in [1.807, 2.05) is 91.9 Å². The molecular weight excluding hydrogens is 955 g/mol. The highest BCUT2D eigenvalue weighted by Gasteiger charge is 2.41. The Bertz CT molecular complexity index is 2700. The van der Waals surface area contributed by atoms with Crippen LogP contribution < -0.4 is 14.2 Å². The molecule has 0 aliphatic carbocycles. The molecule has 1 saturated heterocycles. The molecule has 0 radical (unpaired) electrons. The summed E-state index contributed by atoms with van der Waals surface area (Å²) in [4.78, 5) is 39.2. The largest absolute Gasteiger partial charge is 0.496 e. The lowest BCUT2D eigenvalue weighted by atomic mass is 9.84. The van der Waals surface area contributed by atoms with Gasteiger partial charge < -0.3 is 38.1 Å². The van der Waals surface area contributed by atoms with Gasteiger partial charge in [-0.15, -0.1) is 0 Å². The van der Waals surface area contributed by atoms with Crippen molar-refractivity contribution in [3.63, 3.8) is 0 Å². The van der Waals surface area contributed by atoms with Gasteiger partial charge in [0.2, 0.25) is 5.91 Å². The van der Waals surface area contributed by atoms with Crippen molar-refractivity contribution in [3.8, 4) is 17.2 Å². The van der Waals surface area contributed by atoms with Crippen LogP contribution in [0.1, 0.15) is 64.6 Å². The Labute approximate surface area is 430 Å². The van der Waals surface area contributed by atoms with Gasteiger partial charge in [-0.1, -0.05) is 110 Å². The number of methoxy groups -OCH3 is 2. The molecular formula is C56H65N3O15. The maximum atomic E-state index is 14.5. The molecule has 6 aromatic carbocycles. The number of likely N-dealkylation sites (tertiary alicyclic amines) is 1. The van der Waals surface area contributed by atoms with Gasteiger partial charge in [0, 0.05) is 36.4 Å². The molecule has 0 spiro atoms. The first kappa shape index (κ1) is 55.2. The lowest BCUT2D eigenvalue weighted by Crippen LogP contribution is -2.55. The molecule has 4 atom stereocenters. The number of fused-ring (bicyclic) bond motifs is 1. The fraction of sp³-hybridized carbons (Fsp3) is 0.357. The quantitative estimate of drug-likeness (QED) is 0.0206. The van der Waals surface area contributed by atoms with Crippen LogP contribution in [-0.2, 0) is 77.5 Å². The molecule has 18 nitrogen and oxygen atoms in total. The molecule has 4 N–H and O–H groups in total. The second-order valence-corrected chi connectivity index (χ2v) is 17.8. The van der Waals surface area contributed by atoms with Crippen LogP contribution in [0.2, 0.25) is 0 Å². The van der Waals surface area contributed by atoms with E-state index in [1.165, 1.54) is 0 Å². The third-order valence-corrected chi connectivity index (χ3v) is 12.6. The minimum atomic E-state index is -0.643. The topological polar surface area (TPSA) is 208 Å². The molecule has 0 saturated carbocycles. The zero-order chi connectivity index (χ0) is 52.2. The predicted octanol–water partition coefficient (Wildman–Crippen LogP) is 8.57. The first-order valence-electron chi connectivity index (χ1n) is 24.4. The Hall–Kier alpha value is -6.52. The summed E-state index contributed by atoms with van der Waals surface area (Å²) in [5, 5.41) is 37.4. The minimum absolute atomic E-state index is 0.0197. The van der Waals surface area contributed by atoms with Crippen LogP contribution in [0.5, 0.6) is 17.2 Å². The number of hydrogen-bond acceptors (Lipinski definition) is 17. The number of para-hydroxylation sites is 1. The van der Waals surface area contributed by atoms with E-state index in [-0.39, 0.29) is 69.0 Å². The molecule has 1 aliphatic rings. The van der Waals surface area contributed by atoms with E-state index < -0.39 is 30.2 Å². The molecule has 1 amide bonds. The fourth-order valence-corrected chi connectivity index (χ4v) is 8.92. The summed E-state index contributed by atoms with van der Waals surface area (Å²) in [5.74, 6) is 1.08. The second-order valence-electron chi connectivity index (χ2n) is 17.8. The number of esters is 1. The van der Waals surface area contributed by atoms with Crippen LogP contribution in [0.25, 0.3) is 10.8 Å². The normalized spacial score (nSPS) is 16.1. The molecule has 1 heterocycles. The van der Waals surface area contributed by atoms with E-state index in [4.69, 9.17) is 63.7 Å². The standard InChI is InChI=1S/C56H65N3O15/c1-4-47(74-55(61)31-40-13-10-15-42(27-40)36-73-59(64)65)38-71-53-33-57(54(60)30-39-12-9-14-41(26-39)35-72-58(62)63)32-52(70-34-43-28-45-16-5-7-18-49(45)51(29-43)67-3)56(53)44-20-22-48(23-21-44)69-25-11-24-68-37-46-17-6-8-19-50(46)66-2/h5-10,12-23,26-29,47,52-53,56,62-65H,4,11,24-25,30-38H2,1-3H3. The van der Waals surface area contributed by atoms with Gasteiger partial charge >= 0.3 is 5.97 Å². The Balaban J connectivity index is 1.11. The molecule has 4 unspecified atom stereocenters. The minimum Gasteiger partial charge on any atom is -0.496 e. The van der Waals surface area contributed by atoms with Crippen LogP contribution in [0.3, 0.4) is 0 Å². The summed E-state index contributed by atoms with van der Waals surface area (Å²) in [6.45, 7) is 3.60.